The number of amides is 1. The second kappa shape index (κ2) is 5.49. The SMILES string of the molecule is Cc1cc(C)c(CN(C)C(=O)CC#N)c(C)c1. The van der Waals surface area contributed by atoms with Gasteiger partial charge in [0.2, 0.25) is 5.91 Å². The molecule has 1 amide bonds. The van der Waals surface area contributed by atoms with Gasteiger partial charge in [-0.25, -0.2) is 0 Å². The number of rotatable bonds is 3. The molecule has 0 fully saturated rings. The molecule has 0 spiro atoms. The van der Waals surface area contributed by atoms with Crippen LogP contribution in [0.4, 0.5) is 0 Å². The summed E-state index contributed by atoms with van der Waals surface area (Å²) in [6.07, 6.45) is -0.0551. The van der Waals surface area contributed by atoms with Crippen molar-refractivity contribution in [1.29, 1.82) is 5.26 Å². The molecule has 1 rings (SSSR count). The Morgan fingerprint density at radius 2 is 1.82 bits per heavy atom. The predicted octanol–water partition coefficient (Wildman–Crippen LogP) is 2.48. The van der Waals surface area contributed by atoms with Gasteiger partial charge in [-0.05, 0) is 37.5 Å². The van der Waals surface area contributed by atoms with Gasteiger partial charge >= 0.3 is 0 Å². The van der Waals surface area contributed by atoms with E-state index in [2.05, 4.69) is 32.9 Å². The van der Waals surface area contributed by atoms with E-state index >= 15 is 0 Å². The predicted molar refractivity (Wildman–Crippen MR) is 67.4 cm³/mol. The van der Waals surface area contributed by atoms with Crippen LogP contribution in [0.1, 0.15) is 28.7 Å². The van der Waals surface area contributed by atoms with E-state index in [-0.39, 0.29) is 12.3 Å². The van der Waals surface area contributed by atoms with Gasteiger partial charge in [0.15, 0.2) is 0 Å². The summed E-state index contributed by atoms with van der Waals surface area (Å²) in [5, 5.41) is 8.50. The molecule has 0 aromatic heterocycles. The molecule has 0 N–H and O–H groups in total. The molecule has 90 valence electrons. The number of nitrogens with zero attached hydrogens (tertiary/aromatic N) is 2. The van der Waals surface area contributed by atoms with Crippen molar-refractivity contribution in [2.75, 3.05) is 7.05 Å². The van der Waals surface area contributed by atoms with Crippen molar-refractivity contribution in [2.45, 2.75) is 33.7 Å². The maximum absolute atomic E-state index is 11.5. The summed E-state index contributed by atoms with van der Waals surface area (Å²) >= 11 is 0. The molecular weight excluding hydrogens is 212 g/mol. The second-order valence-electron chi connectivity index (χ2n) is 4.46. The number of hydrogen-bond donors (Lipinski definition) is 0. The fraction of sp³-hybridized carbons (Fsp3) is 0.429. The zero-order valence-electron chi connectivity index (χ0n) is 10.9. The summed E-state index contributed by atoms with van der Waals surface area (Å²) in [6.45, 7) is 6.74. The van der Waals surface area contributed by atoms with Gasteiger partial charge in [0.05, 0.1) is 6.07 Å². The first-order chi connectivity index (χ1) is 7.95. The quantitative estimate of drug-likeness (QED) is 0.800. The van der Waals surface area contributed by atoms with E-state index in [1.165, 1.54) is 22.3 Å². The average Bonchev–Trinajstić information content (AvgIpc) is 2.23. The Morgan fingerprint density at radius 3 is 2.29 bits per heavy atom. The van der Waals surface area contributed by atoms with Crippen LogP contribution in [0.2, 0.25) is 0 Å². The first-order valence-corrected chi connectivity index (χ1v) is 5.63. The Kier molecular flexibility index (Phi) is 4.28. The normalized spacial score (nSPS) is 9.82. The lowest BCUT2D eigenvalue weighted by atomic mass is 9.99. The van der Waals surface area contributed by atoms with Crippen LogP contribution in [0.3, 0.4) is 0 Å². The van der Waals surface area contributed by atoms with Crippen molar-refractivity contribution in [3.05, 3.63) is 34.4 Å². The zero-order chi connectivity index (χ0) is 13.0. The van der Waals surface area contributed by atoms with Crippen LogP contribution in [-0.4, -0.2) is 17.9 Å². The van der Waals surface area contributed by atoms with Crippen LogP contribution in [0.15, 0.2) is 12.1 Å². The van der Waals surface area contributed by atoms with Crippen molar-refractivity contribution in [3.63, 3.8) is 0 Å². The summed E-state index contributed by atoms with van der Waals surface area (Å²) < 4.78 is 0. The molecule has 0 aliphatic rings. The lowest BCUT2D eigenvalue weighted by Gasteiger charge is -2.19. The van der Waals surface area contributed by atoms with Gasteiger partial charge in [0.1, 0.15) is 6.42 Å². The molecule has 0 bridgehead atoms. The van der Waals surface area contributed by atoms with Crippen LogP contribution in [0.5, 0.6) is 0 Å². The lowest BCUT2D eigenvalue weighted by Crippen LogP contribution is -2.26. The van der Waals surface area contributed by atoms with Gasteiger partial charge in [-0.15, -0.1) is 0 Å². The number of hydrogen-bond acceptors (Lipinski definition) is 2. The van der Waals surface area contributed by atoms with Gasteiger partial charge < -0.3 is 4.90 Å². The van der Waals surface area contributed by atoms with E-state index in [0.717, 1.165) is 0 Å². The molecule has 0 heterocycles. The minimum atomic E-state index is -0.133. The van der Waals surface area contributed by atoms with Crippen molar-refractivity contribution < 1.29 is 4.79 Å². The Morgan fingerprint density at radius 1 is 1.29 bits per heavy atom. The summed E-state index contributed by atoms with van der Waals surface area (Å²) in [4.78, 5) is 13.1. The van der Waals surface area contributed by atoms with Gasteiger partial charge in [0.25, 0.3) is 0 Å². The zero-order valence-corrected chi connectivity index (χ0v) is 10.9. The Hall–Kier alpha value is -1.82. The van der Waals surface area contributed by atoms with Gasteiger partial charge in [-0.1, -0.05) is 17.7 Å². The molecule has 0 unspecified atom stereocenters. The first-order valence-electron chi connectivity index (χ1n) is 5.63. The third-order valence-corrected chi connectivity index (χ3v) is 2.89. The van der Waals surface area contributed by atoms with Gasteiger partial charge in [-0.3, -0.25) is 4.79 Å². The first kappa shape index (κ1) is 13.2. The lowest BCUT2D eigenvalue weighted by molar-refractivity contribution is -0.129. The van der Waals surface area contributed by atoms with Crippen LogP contribution >= 0.6 is 0 Å². The molecule has 17 heavy (non-hydrogen) atoms. The number of nitriles is 1. The molecule has 0 saturated heterocycles. The second-order valence-corrected chi connectivity index (χ2v) is 4.46. The van der Waals surface area contributed by atoms with Crippen LogP contribution in [-0.2, 0) is 11.3 Å². The van der Waals surface area contributed by atoms with Crippen LogP contribution in [0, 0.1) is 32.1 Å². The van der Waals surface area contributed by atoms with E-state index in [1.54, 1.807) is 11.9 Å². The largest absolute Gasteiger partial charge is 0.341 e. The topological polar surface area (TPSA) is 44.1 Å². The molecule has 0 atom stereocenters. The highest BCUT2D eigenvalue weighted by Gasteiger charge is 2.11. The smallest absolute Gasteiger partial charge is 0.236 e. The molecule has 1 aromatic rings. The molecule has 0 radical (unpaired) electrons. The third kappa shape index (κ3) is 3.32. The monoisotopic (exact) mass is 230 g/mol. The number of carbonyl (C=O) groups excluding carboxylic acids is 1. The van der Waals surface area contributed by atoms with E-state index in [1.807, 2.05) is 6.07 Å². The fourth-order valence-electron chi connectivity index (χ4n) is 1.99. The molecule has 3 heteroatoms. The van der Waals surface area contributed by atoms with Crippen molar-refractivity contribution in [2.24, 2.45) is 0 Å². The van der Waals surface area contributed by atoms with E-state index in [0.29, 0.717) is 6.54 Å². The molecule has 1 aromatic carbocycles. The molecule has 0 aliphatic heterocycles. The number of carbonyl (C=O) groups is 1. The molecular formula is C14H18N2O. The Balaban J connectivity index is 2.89. The average molecular weight is 230 g/mol. The van der Waals surface area contributed by atoms with E-state index in [4.69, 9.17) is 5.26 Å². The minimum Gasteiger partial charge on any atom is -0.341 e. The standard InChI is InChI=1S/C14H18N2O/c1-10-7-11(2)13(12(3)8-10)9-16(4)14(17)5-6-15/h7-8H,5,9H2,1-4H3. The summed E-state index contributed by atoms with van der Waals surface area (Å²) in [5.74, 6) is -0.133. The number of benzene rings is 1. The summed E-state index contributed by atoms with van der Waals surface area (Å²) in [5.41, 5.74) is 4.79. The highest BCUT2D eigenvalue weighted by Crippen LogP contribution is 2.18. The Labute approximate surface area is 103 Å². The Bertz CT molecular complexity index is 449. The minimum absolute atomic E-state index is 0.0551. The fourth-order valence-corrected chi connectivity index (χ4v) is 1.99. The molecule has 3 nitrogen and oxygen atoms in total. The molecule has 0 saturated carbocycles. The van der Waals surface area contributed by atoms with E-state index < -0.39 is 0 Å². The van der Waals surface area contributed by atoms with Crippen molar-refractivity contribution in [1.82, 2.24) is 4.90 Å². The maximum atomic E-state index is 11.5. The van der Waals surface area contributed by atoms with Crippen LogP contribution in [0.25, 0.3) is 0 Å². The summed E-state index contributed by atoms with van der Waals surface area (Å²) in [6, 6.07) is 6.11. The van der Waals surface area contributed by atoms with Gasteiger partial charge in [-0.2, -0.15) is 5.26 Å². The summed E-state index contributed by atoms with van der Waals surface area (Å²) in [7, 11) is 1.73. The number of aryl methyl sites for hydroxylation is 3. The third-order valence-electron chi connectivity index (χ3n) is 2.89. The highest BCUT2D eigenvalue weighted by molar-refractivity contribution is 5.78. The maximum Gasteiger partial charge on any atom is 0.236 e. The van der Waals surface area contributed by atoms with E-state index in [9.17, 15) is 4.79 Å². The van der Waals surface area contributed by atoms with Crippen molar-refractivity contribution in [3.8, 4) is 6.07 Å². The van der Waals surface area contributed by atoms with Crippen LogP contribution < -0.4 is 0 Å². The molecule has 0 aliphatic carbocycles. The highest BCUT2D eigenvalue weighted by atomic mass is 16.2. The van der Waals surface area contributed by atoms with Crippen molar-refractivity contribution >= 4 is 5.91 Å². The van der Waals surface area contributed by atoms with Gasteiger partial charge in [0, 0.05) is 13.6 Å².